The lowest BCUT2D eigenvalue weighted by molar-refractivity contribution is 0.0950. The third-order valence-electron chi connectivity index (χ3n) is 3.31. The molecule has 1 aromatic carbocycles. The molecule has 0 aliphatic carbocycles. The molecule has 0 saturated carbocycles. The molecule has 6 heteroatoms. The van der Waals surface area contributed by atoms with Crippen molar-refractivity contribution in [3.05, 3.63) is 53.4 Å². The van der Waals surface area contributed by atoms with Gasteiger partial charge in [-0.1, -0.05) is 0 Å². The van der Waals surface area contributed by atoms with Crippen LogP contribution < -0.4 is 5.32 Å². The van der Waals surface area contributed by atoms with Crippen molar-refractivity contribution in [1.82, 2.24) is 25.3 Å². The zero-order chi connectivity index (χ0) is 14.8. The van der Waals surface area contributed by atoms with Gasteiger partial charge < -0.3 is 10.3 Å². The number of carbonyl (C=O) groups excluding carboxylic acids is 1. The van der Waals surface area contributed by atoms with E-state index < -0.39 is 0 Å². The number of benzene rings is 1. The number of nitrogens with one attached hydrogen (secondary N) is 2. The van der Waals surface area contributed by atoms with Gasteiger partial charge in [-0.25, -0.2) is 15.0 Å². The molecule has 0 aliphatic heterocycles. The van der Waals surface area contributed by atoms with Crippen LogP contribution in [0.5, 0.6) is 0 Å². The molecule has 2 heterocycles. The van der Waals surface area contributed by atoms with Crippen LogP contribution in [0.1, 0.15) is 27.6 Å². The monoisotopic (exact) mass is 281 g/mol. The quantitative estimate of drug-likeness (QED) is 0.768. The van der Waals surface area contributed by atoms with Crippen molar-refractivity contribution in [1.29, 1.82) is 0 Å². The van der Waals surface area contributed by atoms with E-state index in [1.165, 1.54) is 0 Å². The van der Waals surface area contributed by atoms with E-state index in [2.05, 4.69) is 25.3 Å². The number of aromatic nitrogens is 4. The minimum atomic E-state index is -0.159. The molecule has 0 spiro atoms. The summed E-state index contributed by atoms with van der Waals surface area (Å²) in [6, 6.07) is 5.33. The zero-order valence-electron chi connectivity index (χ0n) is 11.8. The maximum absolute atomic E-state index is 12.1. The van der Waals surface area contributed by atoms with Crippen LogP contribution >= 0.6 is 0 Å². The van der Waals surface area contributed by atoms with Gasteiger partial charge in [0.15, 0.2) is 0 Å². The van der Waals surface area contributed by atoms with Crippen molar-refractivity contribution < 1.29 is 4.79 Å². The van der Waals surface area contributed by atoms with Gasteiger partial charge >= 0.3 is 0 Å². The predicted octanol–water partition coefficient (Wildman–Crippen LogP) is 1.90. The van der Waals surface area contributed by atoms with Crippen LogP contribution in [0.4, 0.5) is 0 Å². The van der Waals surface area contributed by atoms with E-state index in [4.69, 9.17) is 0 Å². The number of amides is 1. The molecule has 0 fully saturated rings. The summed E-state index contributed by atoms with van der Waals surface area (Å²) >= 11 is 0. The van der Waals surface area contributed by atoms with E-state index in [0.29, 0.717) is 12.1 Å². The number of hydrogen-bond donors (Lipinski definition) is 2. The Labute approximate surface area is 121 Å². The van der Waals surface area contributed by atoms with Crippen molar-refractivity contribution in [3.63, 3.8) is 0 Å². The summed E-state index contributed by atoms with van der Waals surface area (Å²) in [5.74, 6) is 0.559. The number of hydrogen-bond acceptors (Lipinski definition) is 4. The lowest BCUT2D eigenvalue weighted by Crippen LogP contribution is -2.23. The fourth-order valence-electron chi connectivity index (χ4n) is 2.03. The standard InChI is InChI=1S/C15H15N5O/c1-9-10(2)20-13-7-11(3-4-12(13)19-9)15(21)18-8-14-16-5-6-17-14/h3-7H,8H2,1-2H3,(H,16,17)(H,18,21). The highest BCUT2D eigenvalue weighted by atomic mass is 16.1. The molecule has 1 amide bonds. The van der Waals surface area contributed by atoms with Gasteiger partial charge in [0.05, 0.1) is 29.0 Å². The molecule has 3 aromatic rings. The van der Waals surface area contributed by atoms with Crippen LogP contribution in [0.3, 0.4) is 0 Å². The van der Waals surface area contributed by atoms with E-state index in [1.807, 2.05) is 19.9 Å². The van der Waals surface area contributed by atoms with E-state index in [0.717, 1.165) is 28.2 Å². The number of nitrogens with zero attached hydrogens (tertiary/aromatic N) is 3. The molecular formula is C15H15N5O. The van der Waals surface area contributed by atoms with Crippen LogP contribution in [0.25, 0.3) is 11.0 Å². The number of imidazole rings is 1. The van der Waals surface area contributed by atoms with Crippen molar-refractivity contribution in [2.45, 2.75) is 20.4 Å². The van der Waals surface area contributed by atoms with Gasteiger partial charge in [-0.3, -0.25) is 4.79 Å². The second-order valence-corrected chi connectivity index (χ2v) is 4.82. The van der Waals surface area contributed by atoms with Gasteiger partial charge in [0, 0.05) is 18.0 Å². The molecule has 2 N–H and O–H groups in total. The number of H-pyrrole nitrogens is 1. The molecule has 0 atom stereocenters. The molecule has 0 saturated heterocycles. The second kappa shape index (κ2) is 5.32. The van der Waals surface area contributed by atoms with Crippen LogP contribution in [-0.2, 0) is 6.54 Å². The Bertz CT molecular complexity index is 795. The lowest BCUT2D eigenvalue weighted by atomic mass is 10.1. The van der Waals surface area contributed by atoms with E-state index in [9.17, 15) is 4.79 Å². The molecule has 3 rings (SSSR count). The zero-order valence-corrected chi connectivity index (χ0v) is 11.8. The van der Waals surface area contributed by atoms with Crippen molar-refractivity contribution in [2.75, 3.05) is 0 Å². The van der Waals surface area contributed by atoms with Crippen LogP contribution in [0, 0.1) is 13.8 Å². The molecule has 2 aromatic heterocycles. The average Bonchev–Trinajstić information content (AvgIpc) is 2.99. The lowest BCUT2D eigenvalue weighted by Gasteiger charge is -2.06. The summed E-state index contributed by atoms with van der Waals surface area (Å²) in [7, 11) is 0. The fourth-order valence-corrected chi connectivity index (χ4v) is 2.03. The molecule has 21 heavy (non-hydrogen) atoms. The molecule has 0 bridgehead atoms. The maximum atomic E-state index is 12.1. The van der Waals surface area contributed by atoms with Crippen molar-refractivity contribution in [2.24, 2.45) is 0 Å². The highest BCUT2D eigenvalue weighted by Crippen LogP contribution is 2.14. The Morgan fingerprint density at radius 3 is 2.67 bits per heavy atom. The Kier molecular flexibility index (Phi) is 3.35. The number of aromatic amines is 1. The summed E-state index contributed by atoms with van der Waals surface area (Å²) in [6.07, 6.45) is 3.37. The first-order valence-electron chi connectivity index (χ1n) is 6.65. The highest BCUT2D eigenvalue weighted by molar-refractivity contribution is 5.97. The van der Waals surface area contributed by atoms with Gasteiger partial charge in [-0.15, -0.1) is 0 Å². The van der Waals surface area contributed by atoms with Crippen LogP contribution in [-0.4, -0.2) is 25.8 Å². The van der Waals surface area contributed by atoms with E-state index in [-0.39, 0.29) is 5.91 Å². The van der Waals surface area contributed by atoms with E-state index in [1.54, 1.807) is 24.5 Å². The Balaban J connectivity index is 1.83. The SMILES string of the molecule is Cc1nc2ccc(C(=O)NCc3ncc[nH]3)cc2nc1C. The number of aryl methyl sites for hydroxylation is 2. The van der Waals surface area contributed by atoms with Gasteiger partial charge in [0.2, 0.25) is 0 Å². The van der Waals surface area contributed by atoms with Crippen molar-refractivity contribution >= 4 is 16.9 Å². The predicted molar refractivity (Wildman–Crippen MR) is 78.8 cm³/mol. The number of rotatable bonds is 3. The average molecular weight is 281 g/mol. The molecule has 0 aliphatic rings. The van der Waals surface area contributed by atoms with Crippen molar-refractivity contribution in [3.8, 4) is 0 Å². The van der Waals surface area contributed by atoms with Gasteiger partial charge in [-0.05, 0) is 32.0 Å². The third kappa shape index (κ3) is 2.74. The summed E-state index contributed by atoms with van der Waals surface area (Å²) in [5.41, 5.74) is 3.85. The van der Waals surface area contributed by atoms with Gasteiger partial charge in [-0.2, -0.15) is 0 Å². The largest absolute Gasteiger partial charge is 0.347 e. The second-order valence-electron chi connectivity index (χ2n) is 4.82. The van der Waals surface area contributed by atoms with Gasteiger partial charge in [0.25, 0.3) is 5.91 Å². The first-order chi connectivity index (χ1) is 10.1. The minimum Gasteiger partial charge on any atom is -0.347 e. The van der Waals surface area contributed by atoms with Crippen LogP contribution in [0.2, 0.25) is 0 Å². The minimum absolute atomic E-state index is 0.159. The first-order valence-corrected chi connectivity index (χ1v) is 6.65. The first kappa shape index (κ1) is 13.2. The summed E-state index contributed by atoms with van der Waals surface area (Å²) in [6.45, 7) is 4.19. The third-order valence-corrected chi connectivity index (χ3v) is 3.31. The number of carbonyl (C=O) groups is 1. The normalized spacial score (nSPS) is 10.8. The Hall–Kier alpha value is -2.76. The Morgan fingerprint density at radius 1 is 1.19 bits per heavy atom. The topological polar surface area (TPSA) is 83.6 Å². The number of fused-ring (bicyclic) bond motifs is 1. The maximum Gasteiger partial charge on any atom is 0.251 e. The molecule has 0 radical (unpaired) electrons. The summed E-state index contributed by atoms with van der Waals surface area (Å²) in [5, 5.41) is 2.81. The molecule has 0 unspecified atom stereocenters. The molecule has 106 valence electrons. The molecular weight excluding hydrogens is 266 g/mol. The Morgan fingerprint density at radius 2 is 1.95 bits per heavy atom. The highest BCUT2D eigenvalue weighted by Gasteiger charge is 2.09. The molecule has 6 nitrogen and oxygen atoms in total. The summed E-state index contributed by atoms with van der Waals surface area (Å²) < 4.78 is 0. The fraction of sp³-hybridized carbons (Fsp3) is 0.200. The van der Waals surface area contributed by atoms with E-state index >= 15 is 0 Å². The summed E-state index contributed by atoms with van der Waals surface area (Å²) in [4.78, 5) is 28.1. The smallest absolute Gasteiger partial charge is 0.251 e. The van der Waals surface area contributed by atoms with Crippen LogP contribution in [0.15, 0.2) is 30.6 Å². The van der Waals surface area contributed by atoms with Gasteiger partial charge in [0.1, 0.15) is 5.82 Å².